The minimum atomic E-state index is 0.425. The van der Waals surface area contributed by atoms with Crippen LogP contribution in [0.4, 0.5) is 0 Å². The molecule has 2 N–H and O–H groups in total. The first-order valence-electron chi connectivity index (χ1n) is 6.11. The van der Waals surface area contributed by atoms with Gasteiger partial charge in [-0.2, -0.15) is 0 Å². The Hall–Kier alpha value is -0.550. The lowest BCUT2D eigenvalue weighted by Gasteiger charge is -2.10. The first-order valence-corrected chi connectivity index (χ1v) is 6.99. The molecule has 0 amide bonds. The highest BCUT2D eigenvalue weighted by Crippen LogP contribution is 2.46. The second-order valence-electron chi connectivity index (χ2n) is 4.88. The third kappa shape index (κ3) is 1.98. The van der Waals surface area contributed by atoms with Crippen LogP contribution in [0.2, 0.25) is 0 Å². The smallest absolute Gasteiger partial charge is 0.191 e. The Labute approximate surface area is 100.0 Å². The van der Waals surface area contributed by atoms with Crippen LogP contribution in [0.25, 0.3) is 0 Å². The van der Waals surface area contributed by atoms with Crippen LogP contribution in [0.5, 0.6) is 0 Å². The van der Waals surface area contributed by atoms with E-state index < -0.39 is 0 Å². The molecule has 0 bridgehead atoms. The molecule has 88 valence electrons. The summed E-state index contributed by atoms with van der Waals surface area (Å²) in [5.74, 6) is 1.92. The summed E-state index contributed by atoms with van der Waals surface area (Å²) in [6.07, 6.45) is 5.18. The van der Waals surface area contributed by atoms with Gasteiger partial charge in [0.15, 0.2) is 5.16 Å². The van der Waals surface area contributed by atoms with E-state index in [0.29, 0.717) is 23.8 Å². The molecule has 2 aliphatic carbocycles. The van der Waals surface area contributed by atoms with Crippen LogP contribution >= 0.6 is 11.8 Å². The number of nitrogens with zero attached hydrogens (tertiary/aromatic N) is 3. The van der Waals surface area contributed by atoms with Gasteiger partial charge in [-0.1, -0.05) is 18.7 Å². The van der Waals surface area contributed by atoms with Crippen molar-refractivity contribution in [3.63, 3.8) is 0 Å². The molecular formula is C11H18N4S. The van der Waals surface area contributed by atoms with E-state index in [1.165, 1.54) is 31.5 Å². The lowest BCUT2D eigenvalue weighted by atomic mass is 10.4. The second kappa shape index (κ2) is 4.04. The molecule has 0 radical (unpaired) electrons. The van der Waals surface area contributed by atoms with E-state index in [9.17, 15) is 0 Å². The fourth-order valence-electron chi connectivity index (χ4n) is 1.89. The summed E-state index contributed by atoms with van der Waals surface area (Å²) in [6.45, 7) is 2.84. The van der Waals surface area contributed by atoms with Crippen molar-refractivity contribution in [3.8, 4) is 0 Å². The van der Waals surface area contributed by atoms with E-state index >= 15 is 0 Å². The van der Waals surface area contributed by atoms with Crippen LogP contribution in [-0.2, 0) is 0 Å². The zero-order chi connectivity index (χ0) is 11.1. The average molecular weight is 238 g/mol. The van der Waals surface area contributed by atoms with Crippen molar-refractivity contribution < 1.29 is 0 Å². The molecule has 2 aliphatic rings. The second-order valence-corrected chi connectivity index (χ2v) is 6.29. The third-order valence-corrected chi connectivity index (χ3v) is 4.27. The molecule has 16 heavy (non-hydrogen) atoms. The predicted octanol–water partition coefficient (Wildman–Crippen LogP) is 1.93. The number of hydrogen-bond acceptors (Lipinski definition) is 4. The molecule has 1 atom stereocenters. The largest absolute Gasteiger partial charge is 0.329 e. The van der Waals surface area contributed by atoms with Crippen LogP contribution < -0.4 is 5.73 Å². The highest BCUT2D eigenvalue weighted by atomic mass is 32.2. The Morgan fingerprint density at radius 3 is 2.69 bits per heavy atom. The summed E-state index contributed by atoms with van der Waals surface area (Å²) in [7, 11) is 0. The van der Waals surface area contributed by atoms with Crippen LogP contribution in [0.15, 0.2) is 5.16 Å². The Morgan fingerprint density at radius 1 is 1.38 bits per heavy atom. The van der Waals surface area contributed by atoms with Crippen LogP contribution in [0.1, 0.15) is 50.4 Å². The Balaban J connectivity index is 1.85. The maximum atomic E-state index is 5.66. The van der Waals surface area contributed by atoms with E-state index in [2.05, 4.69) is 21.7 Å². The monoisotopic (exact) mass is 238 g/mol. The zero-order valence-corrected chi connectivity index (χ0v) is 10.4. The molecule has 0 aliphatic heterocycles. The molecule has 0 aromatic carbocycles. The van der Waals surface area contributed by atoms with E-state index in [0.717, 1.165) is 5.16 Å². The van der Waals surface area contributed by atoms with Crippen molar-refractivity contribution in [3.05, 3.63) is 5.82 Å². The van der Waals surface area contributed by atoms with Gasteiger partial charge in [0, 0.05) is 23.8 Å². The van der Waals surface area contributed by atoms with Crippen molar-refractivity contribution in [1.29, 1.82) is 0 Å². The fourth-order valence-corrected chi connectivity index (χ4v) is 2.79. The highest BCUT2D eigenvalue weighted by Gasteiger charge is 2.36. The van der Waals surface area contributed by atoms with Gasteiger partial charge in [0.25, 0.3) is 0 Å². The van der Waals surface area contributed by atoms with Gasteiger partial charge in [-0.15, -0.1) is 10.2 Å². The molecule has 2 fully saturated rings. The van der Waals surface area contributed by atoms with E-state index in [4.69, 9.17) is 5.73 Å². The molecular weight excluding hydrogens is 220 g/mol. The van der Waals surface area contributed by atoms with Crippen molar-refractivity contribution in [2.75, 3.05) is 6.54 Å². The number of nitrogens with two attached hydrogens (primary N) is 1. The molecule has 0 saturated heterocycles. The van der Waals surface area contributed by atoms with Gasteiger partial charge in [-0.25, -0.2) is 0 Å². The third-order valence-electron chi connectivity index (χ3n) is 3.18. The van der Waals surface area contributed by atoms with Gasteiger partial charge in [0.05, 0.1) is 0 Å². The van der Waals surface area contributed by atoms with Crippen molar-refractivity contribution in [2.45, 2.75) is 55.0 Å². The maximum absolute atomic E-state index is 5.66. The normalized spacial score (nSPS) is 22.4. The summed E-state index contributed by atoms with van der Waals surface area (Å²) in [6, 6.07) is 0.679. The van der Waals surface area contributed by atoms with Crippen molar-refractivity contribution in [2.24, 2.45) is 5.73 Å². The van der Waals surface area contributed by atoms with Gasteiger partial charge in [0.2, 0.25) is 0 Å². The molecule has 1 heterocycles. The fraction of sp³-hybridized carbons (Fsp3) is 0.818. The summed E-state index contributed by atoms with van der Waals surface area (Å²) in [5.41, 5.74) is 5.66. The molecule has 4 nitrogen and oxygen atoms in total. The van der Waals surface area contributed by atoms with Gasteiger partial charge in [-0.3, -0.25) is 0 Å². The lowest BCUT2D eigenvalue weighted by Crippen LogP contribution is -2.13. The molecule has 1 aromatic rings. The molecule has 2 saturated carbocycles. The van der Waals surface area contributed by atoms with Gasteiger partial charge in [0.1, 0.15) is 5.82 Å². The highest BCUT2D eigenvalue weighted by molar-refractivity contribution is 7.99. The molecule has 1 unspecified atom stereocenters. The first-order chi connectivity index (χ1) is 7.79. The number of rotatable bonds is 5. The molecule has 3 rings (SSSR count). The van der Waals surface area contributed by atoms with Gasteiger partial charge < -0.3 is 10.3 Å². The average Bonchev–Trinajstić information content (AvgIpc) is 3.18. The van der Waals surface area contributed by atoms with Gasteiger partial charge in [-0.05, 0) is 25.7 Å². The van der Waals surface area contributed by atoms with Gasteiger partial charge >= 0.3 is 0 Å². The molecule has 1 aromatic heterocycles. The van der Waals surface area contributed by atoms with E-state index in [-0.39, 0.29) is 0 Å². The van der Waals surface area contributed by atoms with Crippen LogP contribution in [-0.4, -0.2) is 26.6 Å². The summed E-state index contributed by atoms with van der Waals surface area (Å²) < 4.78 is 2.38. The molecule has 5 heteroatoms. The summed E-state index contributed by atoms with van der Waals surface area (Å²) in [4.78, 5) is 0. The quantitative estimate of drug-likeness (QED) is 0.796. The predicted molar refractivity (Wildman–Crippen MR) is 64.6 cm³/mol. The first kappa shape index (κ1) is 10.6. The number of thioether (sulfide) groups is 1. The molecule has 0 spiro atoms. The summed E-state index contributed by atoms with van der Waals surface area (Å²) in [5, 5.41) is 10.2. The Kier molecular flexibility index (Phi) is 2.67. The number of hydrogen-bond donors (Lipinski definition) is 1. The maximum Gasteiger partial charge on any atom is 0.191 e. The Bertz CT molecular complexity index is 381. The zero-order valence-electron chi connectivity index (χ0n) is 9.59. The minimum Gasteiger partial charge on any atom is -0.329 e. The SMILES string of the molecule is CC(CN)Sc1nnc(C2CC2)n1C1CC1. The van der Waals surface area contributed by atoms with E-state index in [1.807, 2.05) is 0 Å². The topological polar surface area (TPSA) is 56.7 Å². The standard InChI is InChI=1S/C11H18N4S/c1-7(6-12)16-11-14-13-10(8-2-3-8)15(11)9-4-5-9/h7-9H,2-6,12H2,1H3. The van der Waals surface area contributed by atoms with Crippen molar-refractivity contribution in [1.82, 2.24) is 14.8 Å². The van der Waals surface area contributed by atoms with Crippen LogP contribution in [0, 0.1) is 0 Å². The minimum absolute atomic E-state index is 0.425. The lowest BCUT2D eigenvalue weighted by molar-refractivity contribution is 0.625. The van der Waals surface area contributed by atoms with Crippen LogP contribution in [0.3, 0.4) is 0 Å². The summed E-state index contributed by atoms with van der Waals surface area (Å²) >= 11 is 1.77. The number of aromatic nitrogens is 3. The van der Waals surface area contributed by atoms with E-state index in [1.54, 1.807) is 11.8 Å². The van der Waals surface area contributed by atoms with Crippen molar-refractivity contribution >= 4 is 11.8 Å². The Morgan fingerprint density at radius 2 is 2.12 bits per heavy atom.